The Morgan fingerprint density at radius 3 is 1.06 bits per heavy atom. The predicted octanol–water partition coefficient (Wildman–Crippen LogP) is 11.6. The van der Waals surface area contributed by atoms with E-state index < -0.39 is 0 Å². The van der Waals surface area contributed by atoms with Gasteiger partial charge in [0.2, 0.25) is 5.91 Å². The Kier molecular flexibility index (Phi) is 31.0. The van der Waals surface area contributed by atoms with Crippen molar-refractivity contribution in [1.29, 1.82) is 0 Å². The van der Waals surface area contributed by atoms with Crippen LogP contribution in [0.15, 0.2) is 0 Å². The SMILES string of the molecule is CCCCCCCCCCCCCC[CH]NC(=O)CCCCCCCCCCCCCCCCC. The highest BCUT2D eigenvalue weighted by Crippen LogP contribution is 2.14. The highest BCUT2D eigenvalue weighted by molar-refractivity contribution is 5.76. The van der Waals surface area contributed by atoms with E-state index >= 15 is 0 Å². The van der Waals surface area contributed by atoms with Crippen LogP contribution in [0.25, 0.3) is 0 Å². The molecule has 0 aliphatic rings. The quantitative estimate of drug-likeness (QED) is 0.0992. The predicted molar refractivity (Wildman–Crippen MR) is 158 cm³/mol. The van der Waals surface area contributed by atoms with Gasteiger partial charge in [-0.05, 0) is 12.8 Å². The molecule has 0 atom stereocenters. The van der Waals surface area contributed by atoms with E-state index in [1.807, 2.05) is 6.54 Å². The molecule has 0 saturated heterocycles. The molecule has 1 amide bonds. The lowest BCUT2D eigenvalue weighted by molar-refractivity contribution is -0.120. The molecule has 0 aromatic carbocycles. The number of nitrogens with one attached hydrogen (secondary N) is 1. The third kappa shape index (κ3) is 31.4. The van der Waals surface area contributed by atoms with Crippen molar-refractivity contribution in [3.8, 4) is 0 Å². The number of unbranched alkanes of at least 4 members (excludes halogenated alkanes) is 26. The molecular formula is C33H66NO. The average Bonchev–Trinajstić information content (AvgIpc) is 2.86. The zero-order chi connectivity index (χ0) is 25.5. The Labute approximate surface area is 222 Å². The fraction of sp³-hybridized carbons (Fsp3) is 0.939. The van der Waals surface area contributed by atoms with Crippen LogP contribution in [0.3, 0.4) is 0 Å². The Hall–Kier alpha value is -0.530. The molecule has 0 saturated carbocycles. The second-order valence-electron chi connectivity index (χ2n) is 11.1. The largest absolute Gasteiger partial charge is 0.351 e. The van der Waals surface area contributed by atoms with E-state index in [-0.39, 0.29) is 5.91 Å². The fourth-order valence-electron chi connectivity index (χ4n) is 5.00. The van der Waals surface area contributed by atoms with Crippen molar-refractivity contribution in [2.75, 3.05) is 0 Å². The van der Waals surface area contributed by atoms with E-state index in [1.54, 1.807) is 0 Å². The number of carbonyl (C=O) groups excluding carboxylic acids is 1. The Morgan fingerprint density at radius 2 is 0.714 bits per heavy atom. The summed E-state index contributed by atoms with van der Waals surface area (Å²) in [5.41, 5.74) is 0. The van der Waals surface area contributed by atoms with E-state index in [2.05, 4.69) is 19.2 Å². The standard InChI is InChI=1S/C33H66NO/c1-3-5-7-9-11-13-15-17-18-19-21-23-25-27-29-31-33(35)34-32-30-28-26-24-22-20-16-14-12-10-8-6-4-2/h32H,3-31H2,1-2H3,(H,34,35). The van der Waals surface area contributed by atoms with Gasteiger partial charge in [-0.2, -0.15) is 0 Å². The summed E-state index contributed by atoms with van der Waals surface area (Å²) in [4.78, 5) is 12.0. The molecule has 0 aromatic heterocycles. The molecule has 1 radical (unpaired) electrons. The number of amides is 1. The van der Waals surface area contributed by atoms with Crippen LogP contribution >= 0.6 is 0 Å². The third-order valence-electron chi connectivity index (χ3n) is 7.47. The molecule has 0 bridgehead atoms. The maximum absolute atomic E-state index is 12.0. The molecule has 0 aliphatic heterocycles. The van der Waals surface area contributed by atoms with Crippen LogP contribution < -0.4 is 5.32 Å². The number of hydrogen-bond acceptors (Lipinski definition) is 1. The van der Waals surface area contributed by atoms with Gasteiger partial charge in [0, 0.05) is 13.0 Å². The first-order valence-corrected chi connectivity index (χ1v) is 16.4. The van der Waals surface area contributed by atoms with E-state index in [0.29, 0.717) is 6.42 Å². The van der Waals surface area contributed by atoms with Crippen molar-refractivity contribution in [2.45, 2.75) is 200 Å². The van der Waals surface area contributed by atoms with Crippen molar-refractivity contribution < 1.29 is 4.79 Å². The highest BCUT2D eigenvalue weighted by atomic mass is 16.1. The first-order valence-electron chi connectivity index (χ1n) is 16.4. The van der Waals surface area contributed by atoms with Crippen LogP contribution in [-0.2, 0) is 4.79 Å². The Balaban J connectivity index is 3.14. The van der Waals surface area contributed by atoms with Gasteiger partial charge in [0.25, 0.3) is 0 Å². The Morgan fingerprint density at radius 1 is 0.429 bits per heavy atom. The molecule has 0 unspecified atom stereocenters. The van der Waals surface area contributed by atoms with E-state index in [4.69, 9.17) is 0 Å². The average molecular weight is 493 g/mol. The third-order valence-corrected chi connectivity index (χ3v) is 7.47. The molecule has 0 fully saturated rings. The van der Waals surface area contributed by atoms with Crippen molar-refractivity contribution in [2.24, 2.45) is 0 Å². The van der Waals surface area contributed by atoms with Gasteiger partial charge >= 0.3 is 0 Å². The maximum Gasteiger partial charge on any atom is 0.220 e. The first-order chi connectivity index (χ1) is 17.3. The summed E-state index contributed by atoms with van der Waals surface area (Å²) in [7, 11) is 0. The normalized spacial score (nSPS) is 11.3. The van der Waals surface area contributed by atoms with Gasteiger partial charge in [-0.25, -0.2) is 0 Å². The molecule has 1 N–H and O–H groups in total. The topological polar surface area (TPSA) is 29.1 Å². The maximum atomic E-state index is 12.0. The van der Waals surface area contributed by atoms with E-state index in [1.165, 1.54) is 167 Å². The van der Waals surface area contributed by atoms with Crippen molar-refractivity contribution in [3.63, 3.8) is 0 Å². The molecule has 0 heterocycles. The summed E-state index contributed by atoms with van der Waals surface area (Å²) in [6.45, 7) is 6.58. The summed E-state index contributed by atoms with van der Waals surface area (Å²) < 4.78 is 0. The molecule has 0 spiro atoms. The van der Waals surface area contributed by atoms with Crippen LogP contribution in [0.1, 0.15) is 200 Å². The minimum atomic E-state index is 0.221. The molecule has 2 nitrogen and oxygen atoms in total. The summed E-state index contributed by atoms with van der Waals surface area (Å²) in [6.07, 6.45) is 38.9. The lowest BCUT2D eigenvalue weighted by atomic mass is 10.0. The summed E-state index contributed by atoms with van der Waals surface area (Å²) >= 11 is 0. The Bertz CT molecular complexity index is 395. The van der Waals surface area contributed by atoms with E-state index in [0.717, 1.165) is 12.8 Å². The van der Waals surface area contributed by atoms with Crippen LogP contribution in [0.2, 0.25) is 0 Å². The lowest BCUT2D eigenvalue weighted by Crippen LogP contribution is -2.19. The summed E-state index contributed by atoms with van der Waals surface area (Å²) in [5, 5.41) is 3.01. The second-order valence-corrected chi connectivity index (χ2v) is 11.1. The number of rotatable bonds is 30. The number of carbonyl (C=O) groups is 1. The summed E-state index contributed by atoms with van der Waals surface area (Å²) in [6, 6.07) is 0. The van der Waals surface area contributed by atoms with E-state index in [9.17, 15) is 4.79 Å². The monoisotopic (exact) mass is 493 g/mol. The van der Waals surface area contributed by atoms with Gasteiger partial charge in [0.15, 0.2) is 0 Å². The molecule has 209 valence electrons. The van der Waals surface area contributed by atoms with Crippen molar-refractivity contribution in [3.05, 3.63) is 6.54 Å². The fourth-order valence-corrected chi connectivity index (χ4v) is 5.00. The molecule has 0 aliphatic carbocycles. The van der Waals surface area contributed by atoms with Gasteiger partial charge in [0.05, 0.1) is 0 Å². The molecular weight excluding hydrogens is 426 g/mol. The minimum absolute atomic E-state index is 0.221. The summed E-state index contributed by atoms with van der Waals surface area (Å²) in [5.74, 6) is 0.221. The van der Waals surface area contributed by atoms with Crippen molar-refractivity contribution in [1.82, 2.24) is 5.32 Å². The van der Waals surface area contributed by atoms with Gasteiger partial charge < -0.3 is 5.32 Å². The zero-order valence-corrected chi connectivity index (χ0v) is 24.5. The smallest absolute Gasteiger partial charge is 0.220 e. The molecule has 0 aromatic rings. The molecule has 35 heavy (non-hydrogen) atoms. The minimum Gasteiger partial charge on any atom is -0.351 e. The van der Waals surface area contributed by atoms with Gasteiger partial charge in [-0.3, -0.25) is 4.79 Å². The van der Waals surface area contributed by atoms with Gasteiger partial charge in [0.1, 0.15) is 0 Å². The zero-order valence-electron chi connectivity index (χ0n) is 24.5. The second kappa shape index (κ2) is 31.5. The van der Waals surface area contributed by atoms with Crippen LogP contribution in [0.4, 0.5) is 0 Å². The van der Waals surface area contributed by atoms with Crippen LogP contribution in [0, 0.1) is 6.54 Å². The van der Waals surface area contributed by atoms with Crippen molar-refractivity contribution >= 4 is 5.91 Å². The molecule has 0 rings (SSSR count). The first kappa shape index (κ1) is 34.5. The van der Waals surface area contributed by atoms with Gasteiger partial charge in [-0.1, -0.05) is 181 Å². The van der Waals surface area contributed by atoms with Crippen LogP contribution in [-0.4, -0.2) is 5.91 Å². The molecule has 2 heteroatoms. The lowest BCUT2D eigenvalue weighted by Gasteiger charge is -2.06. The number of hydrogen-bond donors (Lipinski definition) is 1. The van der Waals surface area contributed by atoms with Crippen LogP contribution in [0.5, 0.6) is 0 Å². The highest BCUT2D eigenvalue weighted by Gasteiger charge is 2.01. The van der Waals surface area contributed by atoms with Gasteiger partial charge in [-0.15, -0.1) is 0 Å².